The first kappa shape index (κ1) is 13.9. The van der Waals surface area contributed by atoms with Gasteiger partial charge in [-0.25, -0.2) is 0 Å². The topological polar surface area (TPSA) is 27.7 Å². The predicted molar refractivity (Wildman–Crippen MR) is 69.7 cm³/mol. The van der Waals surface area contributed by atoms with Gasteiger partial charge in [0, 0.05) is 10.8 Å². The monoisotopic (exact) mass is 252 g/mol. The molecule has 0 aromatic carbocycles. The average Bonchev–Trinajstić information content (AvgIpc) is 2.27. The standard InChI is InChI=1S/C15H24O3/c1-12(2,3)7-8-15-16-9-14(10-17-15,11-18-15)13(4,5)6/h9-11H2,1-6H3. The van der Waals surface area contributed by atoms with Crippen LogP contribution in [0.1, 0.15) is 41.5 Å². The van der Waals surface area contributed by atoms with E-state index in [1.54, 1.807) is 0 Å². The Hall–Kier alpha value is -0.560. The summed E-state index contributed by atoms with van der Waals surface area (Å²) in [7, 11) is 0. The highest BCUT2D eigenvalue weighted by Gasteiger charge is 2.57. The molecule has 0 saturated carbocycles. The molecule has 0 aromatic heterocycles. The van der Waals surface area contributed by atoms with Crippen molar-refractivity contribution < 1.29 is 14.2 Å². The lowest BCUT2D eigenvalue weighted by Gasteiger charge is -2.55. The number of rotatable bonds is 0. The Labute approximate surface area is 110 Å². The highest BCUT2D eigenvalue weighted by atomic mass is 16.9. The fraction of sp³-hybridized carbons (Fsp3) is 0.867. The van der Waals surface area contributed by atoms with Crippen LogP contribution in [0.4, 0.5) is 0 Å². The molecular formula is C15H24O3. The van der Waals surface area contributed by atoms with E-state index >= 15 is 0 Å². The molecule has 3 aliphatic rings. The molecule has 0 aliphatic carbocycles. The summed E-state index contributed by atoms with van der Waals surface area (Å²) < 4.78 is 17.3. The molecule has 3 heteroatoms. The summed E-state index contributed by atoms with van der Waals surface area (Å²) in [6.07, 6.45) is 0. The molecule has 0 amide bonds. The highest BCUT2D eigenvalue weighted by molar-refractivity contribution is 5.15. The van der Waals surface area contributed by atoms with E-state index in [0.29, 0.717) is 19.8 Å². The fourth-order valence-corrected chi connectivity index (χ4v) is 1.97. The van der Waals surface area contributed by atoms with E-state index in [9.17, 15) is 0 Å². The Morgan fingerprint density at radius 1 is 0.833 bits per heavy atom. The maximum atomic E-state index is 5.77. The number of ether oxygens (including phenoxy) is 3. The summed E-state index contributed by atoms with van der Waals surface area (Å²) in [5.74, 6) is 5.02. The van der Waals surface area contributed by atoms with Crippen molar-refractivity contribution in [3.8, 4) is 11.8 Å². The van der Waals surface area contributed by atoms with Crippen molar-refractivity contribution in [3.05, 3.63) is 0 Å². The van der Waals surface area contributed by atoms with Crippen LogP contribution in [0.2, 0.25) is 0 Å². The minimum atomic E-state index is -1.12. The summed E-state index contributed by atoms with van der Waals surface area (Å²) in [6.45, 7) is 14.7. The van der Waals surface area contributed by atoms with Crippen LogP contribution in [0.15, 0.2) is 0 Å². The molecular weight excluding hydrogens is 228 g/mol. The molecule has 0 radical (unpaired) electrons. The molecule has 0 atom stereocenters. The molecule has 3 rings (SSSR count). The largest absolute Gasteiger partial charge is 0.353 e. The molecule has 3 nitrogen and oxygen atoms in total. The van der Waals surface area contributed by atoms with Gasteiger partial charge in [-0.3, -0.25) is 0 Å². The van der Waals surface area contributed by atoms with Gasteiger partial charge in [0.1, 0.15) is 0 Å². The van der Waals surface area contributed by atoms with E-state index < -0.39 is 5.97 Å². The zero-order chi connectivity index (χ0) is 13.7. The zero-order valence-electron chi connectivity index (χ0n) is 12.3. The Kier molecular flexibility index (Phi) is 3.05. The van der Waals surface area contributed by atoms with Crippen LogP contribution in [0.3, 0.4) is 0 Å². The molecule has 3 saturated heterocycles. The van der Waals surface area contributed by atoms with Crippen molar-refractivity contribution in [3.63, 3.8) is 0 Å². The minimum absolute atomic E-state index is 0.0574. The first-order chi connectivity index (χ1) is 8.08. The minimum Gasteiger partial charge on any atom is -0.316 e. The van der Waals surface area contributed by atoms with E-state index in [1.807, 2.05) is 0 Å². The fourth-order valence-electron chi connectivity index (χ4n) is 1.97. The van der Waals surface area contributed by atoms with Gasteiger partial charge in [-0.15, -0.1) is 0 Å². The maximum Gasteiger partial charge on any atom is 0.353 e. The summed E-state index contributed by atoms with van der Waals surface area (Å²) in [5, 5.41) is 0. The Morgan fingerprint density at radius 2 is 1.28 bits per heavy atom. The van der Waals surface area contributed by atoms with Gasteiger partial charge in [0.25, 0.3) is 0 Å². The van der Waals surface area contributed by atoms with E-state index in [2.05, 4.69) is 53.4 Å². The third kappa shape index (κ3) is 2.42. The van der Waals surface area contributed by atoms with Gasteiger partial charge in [0.2, 0.25) is 0 Å². The van der Waals surface area contributed by atoms with Crippen LogP contribution in [0.25, 0.3) is 0 Å². The molecule has 0 unspecified atom stereocenters. The smallest absolute Gasteiger partial charge is 0.316 e. The molecule has 0 aromatic rings. The van der Waals surface area contributed by atoms with Crippen molar-refractivity contribution in [2.75, 3.05) is 19.8 Å². The molecule has 3 heterocycles. The van der Waals surface area contributed by atoms with Gasteiger partial charge in [-0.2, -0.15) is 0 Å². The van der Waals surface area contributed by atoms with E-state index in [-0.39, 0.29) is 16.2 Å². The zero-order valence-corrected chi connectivity index (χ0v) is 12.3. The first-order valence-corrected chi connectivity index (χ1v) is 6.54. The summed E-state index contributed by atoms with van der Waals surface area (Å²) in [5.41, 5.74) is -0.0456. The Morgan fingerprint density at radius 3 is 1.61 bits per heavy atom. The lowest BCUT2D eigenvalue weighted by molar-refractivity contribution is -0.450. The van der Waals surface area contributed by atoms with E-state index in [1.165, 1.54) is 0 Å². The van der Waals surface area contributed by atoms with Gasteiger partial charge in [0.05, 0.1) is 19.8 Å². The lowest BCUT2D eigenvalue weighted by atomic mass is 9.67. The summed E-state index contributed by atoms with van der Waals surface area (Å²) >= 11 is 0. The van der Waals surface area contributed by atoms with E-state index in [4.69, 9.17) is 14.2 Å². The van der Waals surface area contributed by atoms with Gasteiger partial charge in [0.15, 0.2) is 0 Å². The third-order valence-electron chi connectivity index (χ3n) is 3.80. The predicted octanol–water partition coefficient (Wildman–Crippen LogP) is 2.80. The van der Waals surface area contributed by atoms with Crippen LogP contribution in [0.5, 0.6) is 0 Å². The number of fused-ring (bicyclic) bond motifs is 3. The lowest BCUT2D eigenvalue weighted by Crippen LogP contribution is -2.63. The summed E-state index contributed by atoms with van der Waals surface area (Å²) in [4.78, 5) is 0. The van der Waals surface area contributed by atoms with Gasteiger partial charge >= 0.3 is 5.97 Å². The molecule has 3 fully saturated rings. The second-order valence-corrected chi connectivity index (χ2v) is 7.45. The van der Waals surface area contributed by atoms with Gasteiger partial charge in [-0.1, -0.05) is 26.7 Å². The van der Waals surface area contributed by atoms with Crippen molar-refractivity contribution in [2.24, 2.45) is 16.2 Å². The van der Waals surface area contributed by atoms with Crippen LogP contribution >= 0.6 is 0 Å². The van der Waals surface area contributed by atoms with Crippen molar-refractivity contribution in [1.29, 1.82) is 0 Å². The average molecular weight is 252 g/mol. The molecule has 3 aliphatic heterocycles. The van der Waals surface area contributed by atoms with Gasteiger partial charge in [-0.05, 0) is 32.1 Å². The third-order valence-corrected chi connectivity index (χ3v) is 3.80. The van der Waals surface area contributed by atoms with Gasteiger partial charge < -0.3 is 14.2 Å². The van der Waals surface area contributed by atoms with Crippen LogP contribution < -0.4 is 0 Å². The van der Waals surface area contributed by atoms with Crippen LogP contribution in [-0.2, 0) is 14.2 Å². The van der Waals surface area contributed by atoms with Crippen LogP contribution in [0, 0.1) is 28.1 Å². The molecule has 102 valence electrons. The Bertz CT molecular complexity index is 362. The van der Waals surface area contributed by atoms with Crippen molar-refractivity contribution in [2.45, 2.75) is 47.5 Å². The quantitative estimate of drug-likeness (QED) is 0.620. The highest BCUT2D eigenvalue weighted by Crippen LogP contribution is 2.48. The number of hydrogen-bond donors (Lipinski definition) is 0. The van der Waals surface area contributed by atoms with E-state index in [0.717, 1.165) is 0 Å². The molecule has 0 N–H and O–H groups in total. The SMILES string of the molecule is CC(C)(C)C#CC12OCC(C(C)(C)C)(CO1)CO2. The van der Waals surface area contributed by atoms with Crippen molar-refractivity contribution in [1.82, 2.24) is 0 Å². The first-order valence-electron chi connectivity index (χ1n) is 6.54. The number of hydrogen-bond acceptors (Lipinski definition) is 3. The summed E-state index contributed by atoms with van der Waals surface area (Å²) in [6, 6.07) is 0. The van der Waals surface area contributed by atoms with Crippen LogP contribution in [-0.4, -0.2) is 25.8 Å². The van der Waals surface area contributed by atoms with Crippen molar-refractivity contribution >= 4 is 0 Å². The maximum absolute atomic E-state index is 5.77. The molecule has 0 spiro atoms. The molecule has 2 bridgehead atoms. The second kappa shape index (κ2) is 3.96. The normalized spacial score (nSPS) is 36.1. The second-order valence-electron chi connectivity index (χ2n) is 7.45. The molecule has 18 heavy (non-hydrogen) atoms. The Balaban J connectivity index is 2.15.